The second-order valence-corrected chi connectivity index (χ2v) is 11.1. The third-order valence-corrected chi connectivity index (χ3v) is 8.27. The number of pyridine rings is 1. The molecule has 216 valence electrons. The first kappa shape index (κ1) is 27.5. The average Bonchev–Trinajstić information content (AvgIpc) is 3.37. The lowest BCUT2D eigenvalue weighted by molar-refractivity contribution is -0.228. The van der Waals surface area contributed by atoms with Crippen LogP contribution in [-0.4, -0.2) is 89.8 Å². The van der Waals surface area contributed by atoms with Crippen LogP contribution < -0.4 is 19.3 Å². The fraction of sp³-hybridized carbons (Fsp3) is 0.448. The lowest BCUT2D eigenvalue weighted by Crippen LogP contribution is -2.68. The van der Waals surface area contributed by atoms with Gasteiger partial charge in [-0.2, -0.15) is 0 Å². The molecule has 0 saturated carbocycles. The molecule has 3 aromatic rings. The molecule has 0 unspecified atom stereocenters. The van der Waals surface area contributed by atoms with Gasteiger partial charge in [0.2, 0.25) is 5.88 Å². The van der Waals surface area contributed by atoms with Crippen LogP contribution >= 0.6 is 11.6 Å². The smallest absolute Gasteiger partial charge is 0.326 e. The summed E-state index contributed by atoms with van der Waals surface area (Å²) in [6.45, 7) is 6.45. The molecule has 0 bridgehead atoms. The minimum Gasteiger partial charge on any atom is -0.497 e. The number of benzene rings is 1. The van der Waals surface area contributed by atoms with Crippen molar-refractivity contribution in [1.29, 1.82) is 0 Å². The summed E-state index contributed by atoms with van der Waals surface area (Å²) in [6.07, 6.45) is 1.35. The van der Waals surface area contributed by atoms with Crippen molar-refractivity contribution in [3.63, 3.8) is 0 Å². The maximum absolute atomic E-state index is 12.4. The zero-order chi connectivity index (χ0) is 28.7. The van der Waals surface area contributed by atoms with E-state index in [0.29, 0.717) is 66.9 Å². The Morgan fingerprint density at radius 2 is 2.02 bits per heavy atom. The van der Waals surface area contributed by atoms with Crippen LogP contribution in [0, 0.1) is 6.92 Å². The number of aromatic nitrogens is 3. The van der Waals surface area contributed by atoms with Crippen molar-refractivity contribution in [1.82, 2.24) is 15.0 Å². The third kappa shape index (κ3) is 5.25. The molecule has 0 radical (unpaired) electrons. The first-order valence-electron chi connectivity index (χ1n) is 13.6. The molecule has 6 rings (SSSR count). The number of methoxy groups -OCH3 is 1. The van der Waals surface area contributed by atoms with Crippen LogP contribution in [0.3, 0.4) is 0 Å². The predicted octanol–water partition coefficient (Wildman–Crippen LogP) is 3.61. The van der Waals surface area contributed by atoms with Gasteiger partial charge in [0.15, 0.2) is 0 Å². The molecular formula is C29H32ClN5O6. The molecule has 1 spiro atoms. The summed E-state index contributed by atoms with van der Waals surface area (Å²) in [5, 5.41) is 10.6. The van der Waals surface area contributed by atoms with E-state index in [2.05, 4.69) is 26.8 Å². The van der Waals surface area contributed by atoms with Crippen LogP contribution in [0.1, 0.15) is 19.2 Å². The van der Waals surface area contributed by atoms with Gasteiger partial charge in [0, 0.05) is 30.8 Å². The zero-order valence-corrected chi connectivity index (χ0v) is 23.9. The number of nitrogens with zero attached hydrogens (tertiary/aromatic N) is 5. The Morgan fingerprint density at radius 3 is 2.76 bits per heavy atom. The van der Waals surface area contributed by atoms with Crippen molar-refractivity contribution in [3.8, 4) is 22.9 Å². The number of hydrogen-bond donors (Lipinski definition) is 1. The van der Waals surface area contributed by atoms with Crippen molar-refractivity contribution >= 4 is 29.1 Å². The minimum absolute atomic E-state index is 0.0125. The normalized spacial score (nSPS) is 23.4. The van der Waals surface area contributed by atoms with Crippen LogP contribution in [0.2, 0.25) is 5.02 Å². The number of aliphatic carboxylic acids is 1. The number of carbonyl (C=O) groups is 1. The molecule has 3 saturated heterocycles. The number of halogens is 1. The van der Waals surface area contributed by atoms with Crippen LogP contribution in [-0.2, 0) is 14.3 Å². The second-order valence-electron chi connectivity index (χ2n) is 10.6. The number of carboxylic acids is 1. The van der Waals surface area contributed by atoms with Gasteiger partial charge >= 0.3 is 5.97 Å². The highest BCUT2D eigenvalue weighted by Gasteiger charge is 2.50. The van der Waals surface area contributed by atoms with Crippen molar-refractivity contribution < 1.29 is 28.8 Å². The Kier molecular flexibility index (Phi) is 7.35. The quantitative estimate of drug-likeness (QED) is 0.440. The second kappa shape index (κ2) is 11.0. The molecular weight excluding hydrogens is 550 g/mol. The van der Waals surface area contributed by atoms with Crippen LogP contribution in [0.25, 0.3) is 11.3 Å². The number of carboxylic acid groups (broad SMARTS) is 1. The van der Waals surface area contributed by atoms with Gasteiger partial charge in [-0.15, -0.1) is 0 Å². The Morgan fingerprint density at radius 1 is 1.20 bits per heavy atom. The van der Waals surface area contributed by atoms with Crippen LogP contribution in [0.4, 0.5) is 11.5 Å². The first-order chi connectivity index (χ1) is 19.8. The van der Waals surface area contributed by atoms with Crippen LogP contribution in [0.5, 0.6) is 11.6 Å². The number of rotatable bonds is 7. The molecule has 5 heterocycles. The predicted molar refractivity (Wildman–Crippen MR) is 152 cm³/mol. The van der Waals surface area contributed by atoms with E-state index in [-0.39, 0.29) is 18.1 Å². The lowest BCUT2D eigenvalue weighted by atomic mass is 9.90. The Bertz CT molecular complexity index is 1450. The molecule has 0 amide bonds. The fourth-order valence-electron chi connectivity index (χ4n) is 5.77. The van der Waals surface area contributed by atoms with Crippen LogP contribution in [0.15, 0.2) is 42.6 Å². The van der Waals surface area contributed by atoms with Gasteiger partial charge in [0.05, 0.1) is 50.2 Å². The van der Waals surface area contributed by atoms with E-state index in [1.165, 1.54) is 0 Å². The number of anilines is 2. The van der Waals surface area contributed by atoms with Crippen molar-refractivity contribution in [2.75, 3.05) is 49.8 Å². The molecule has 3 aliphatic heterocycles. The summed E-state index contributed by atoms with van der Waals surface area (Å²) in [6, 6.07) is 10.4. The molecule has 2 aromatic heterocycles. The monoisotopic (exact) mass is 581 g/mol. The van der Waals surface area contributed by atoms with E-state index < -0.39 is 18.1 Å². The zero-order valence-electron chi connectivity index (χ0n) is 23.1. The standard InChI is InChI=1S/C29H32ClN5O6/c1-17-29(15-39-16-29)40-8-7-34(17)24-10-20(30)13-31-27(24)41-22-11-25(28(36)37)35(14-22)26-12-23(32-18(2)33-26)19-5-4-6-21(9-19)38-3/h4-6,9-10,12-13,17,22,25H,7-8,11,14-16H2,1-3H3,(H,36,37)/t17-,22-,25-/m0/s1. The maximum Gasteiger partial charge on any atom is 0.326 e. The summed E-state index contributed by atoms with van der Waals surface area (Å²) in [5.41, 5.74) is 1.90. The number of aryl methyl sites for hydroxylation is 1. The molecule has 11 nitrogen and oxygen atoms in total. The largest absolute Gasteiger partial charge is 0.497 e. The minimum atomic E-state index is -0.951. The number of morpholine rings is 1. The summed E-state index contributed by atoms with van der Waals surface area (Å²) >= 11 is 6.38. The van der Waals surface area contributed by atoms with Gasteiger partial charge in [-0.25, -0.2) is 19.7 Å². The van der Waals surface area contributed by atoms with E-state index >= 15 is 0 Å². The van der Waals surface area contributed by atoms with Crippen molar-refractivity contribution in [3.05, 3.63) is 53.4 Å². The molecule has 12 heteroatoms. The SMILES string of the molecule is COc1cccc(-c2cc(N3C[C@@H](Oc4ncc(Cl)cc4N4CCOC5(COC5)[C@@H]4C)C[C@H]3C(=O)O)nc(C)n2)c1. The van der Waals surface area contributed by atoms with Gasteiger partial charge < -0.3 is 33.9 Å². The van der Waals surface area contributed by atoms with E-state index in [1.807, 2.05) is 36.4 Å². The average molecular weight is 582 g/mol. The molecule has 1 N–H and O–H groups in total. The maximum atomic E-state index is 12.4. The molecule has 1 aromatic carbocycles. The van der Waals surface area contributed by atoms with E-state index in [9.17, 15) is 9.90 Å². The van der Waals surface area contributed by atoms with Gasteiger partial charge in [0.1, 0.15) is 40.8 Å². The first-order valence-corrected chi connectivity index (χ1v) is 13.9. The van der Waals surface area contributed by atoms with Crippen molar-refractivity contribution in [2.45, 2.75) is 44.1 Å². The van der Waals surface area contributed by atoms with Crippen molar-refractivity contribution in [2.24, 2.45) is 0 Å². The number of hydrogen-bond acceptors (Lipinski definition) is 10. The summed E-state index contributed by atoms with van der Waals surface area (Å²) in [5.74, 6) is 1.21. The molecule has 3 atom stereocenters. The molecule has 3 fully saturated rings. The lowest BCUT2D eigenvalue weighted by Gasteiger charge is -2.53. The summed E-state index contributed by atoms with van der Waals surface area (Å²) in [4.78, 5) is 30.1. The molecule has 41 heavy (non-hydrogen) atoms. The Labute approximate surface area is 243 Å². The van der Waals surface area contributed by atoms with E-state index in [4.69, 9.17) is 30.5 Å². The van der Waals surface area contributed by atoms with Gasteiger partial charge in [-0.1, -0.05) is 23.7 Å². The topological polar surface area (TPSA) is 119 Å². The van der Waals surface area contributed by atoms with Gasteiger partial charge in [0.25, 0.3) is 0 Å². The number of ether oxygens (including phenoxy) is 4. The molecule has 0 aliphatic carbocycles. The third-order valence-electron chi connectivity index (χ3n) is 8.06. The summed E-state index contributed by atoms with van der Waals surface area (Å²) < 4.78 is 23.4. The highest BCUT2D eigenvalue weighted by atomic mass is 35.5. The Hall–Kier alpha value is -3.67. The van der Waals surface area contributed by atoms with Gasteiger partial charge in [-0.3, -0.25) is 0 Å². The summed E-state index contributed by atoms with van der Waals surface area (Å²) in [7, 11) is 1.61. The molecule has 3 aliphatic rings. The van der Waals surface area contributed by atoms with E-state index in [1.54, 1.807) is 25.1 Å². The fourth-order valence-corrected chi connectivity index (χ4v) is 5.92. The highest BCUT2D eigenvalue weighted by Crippen LogP contribution is 2.40. The van der Waals surface area contributed by atoms with E-state index in [0.717, 1.165) is 11.3 Å². The van der Waals surface area contributed by atoms with Gasteiger partial charge in [-0.05, 0) is 32.0 Å². The highest BCUT2D eigenvalue weighted by molar-refractivity contribution is 6.30. The Balaban J connectivity index is 1.27.